The summed E-state index contributed by atoms with van der Waals surface area (Å²) in [5.41, 5.74) is 0.619. The first-order valence-corrected chi connectivity index (χ1v) is 7.69. The Kier molecular flexibility index (Phi) is 5.43. The number of likely N-dealkylation sites (tertiary alicyclic amines) is 1. The van der Waals surface area contributed by atoms with Crippen LogP contribution in [-0.4, -0.2) is 44.6 Å². The van der Waals surface area contributed by atoms with E-state index in [0.29, 0.717) is 17.2 Å². The van der Waals surface area contributed by atoms with Crippen LogP contribution in [0.15, 0.2) is 22.7 Å². The molecule has 20 heavy (non-hydrogen) atoms. The van der Waals surface area contributed by atoms with Crippen LogP contribution in [0.3, 0.4) is 0 Å². The number of nitrogens with one attached hydrogen (secondary N) is 1. The van der Waals surface area contributed by atoms with Gasteiger partial charge < -0.3 is 15.0 Å². The molecule has 1 fully saturated rings. The summed E-state index contributed by atoms with van der Waals surface area (Å²) < 4.78 is 5.95. The molecule has 0 aliphatic carbocycles. The van der Waals surface area contributed by atoms with E-state index in [1.54, 1.807) is 13.2 Å². The van der Waals surface area contributed by atoms with E-state index in [-0.39, 0.29) is 5.91 Å². The Morgan fingerprint density at radius 1 is 1.55 bits per heavy atom. The van der Waals surface area contributed by atoms with Crippen LogP contribution in [0.25, 0.3) is 0 Å². The Balaban J connectivity index is 1.94. The summed E-state index contributed by atoms with van der Waals surface area (Å²) in [6.45, 7) is 2.94. The van der Waals surface area contributed by atoms with Crippen molar-refractivity contribution in [3.8, 4) is 5.75 Å². The zero-order valence-electron chi connectivity index (χ0n) is 12.0. The van der Waals surface area contributed by atoms with Gasteiger partial charge in [0, 0.05) is 17.6 Å². The first-order valence-electron chi connectivity index (χ1n) is 6.90. The standard InChI is InChI=1S/C15H21BrN2O2/c1-18-7-3-4-11(10-18)9-17-15(19)13-8-12(20-2)5-6-14(13)16/h5-6,8,11H,3-4,7,9-10H2,1-2H3,(H,17,19). The summed E-state index contributed by atoms with van der Waals surface area (Å²) in [5.74, 6) is 1.18. The lowest BCUT2D eigenvalue weighted by Crippen LogP contribution is -2.39. The number of hydrogen-bond acceptors (Lipinski definition) is 3. The second-order valence-corrected chi connectivity index (χ2v) is 6.18. The Hall–Kier alpha value is -1.07. The lowest BCUT2D eigenvalue weighted by atomic mass is 9.98. The fourth-order valence-corrected chi connectivity index (χ4v) is 3.00. The van der Waals surface area contributed by atoms with Gasteiger partial charge in [0.1, 0.15) is 5.75 Å². The minimum absolute atomic E-state index is 0.0519. The molecule has 1 heterocycles. The predicted octanol–water partition coefficient (Wildman–Crippen LogP) is 2.53. The fourth-order valence-electron chi connectivity index (χ4n) is 2.58. The summed E-state index contributed by atoms with van der Waals surface area (Å²) in [6.07, 6.45) is 2.39. The van der Waals surface area contributed by atoms with Gasteiger partial charge in [-0.1, -0.05) is 0 Å². The van der Waals surface area contributed by atoms with Crippen LogP contribution >= 0.6 is 15.9 Å². The number of carbonyl (C=O) groups excluding carboxylic acids is 1. The quantitative estimate of drug-likeness (QED) is 0.915. The fraction of sp³-hybridized carbons (Fsp3) is 0.533. The van der Waals surface area contributed by atoms with Gasteiger partial charge in [-0.25, -0.2) is 0 Å². The average molecular weight is 341 g/mol. The van der Waals surface area contributed by atoms with Crippen molar-refractivity contribution in [3.63, 3.8) is 0 Å². The third-order valence-corrected chi connectivity index (χ3v) is 4.38. The second kappa shape index (κ2) is 7.09. The van der Waals surface area contributed by atoms with Crippen LogP contribution < -0.4 is 10.1 Å². The van der Waals surface area contributed by atoms with E-state index >= 15 is 0 Å². The number of amides is 1. The first kappa shape index (κ1) is 15.3. The van der Waals surface area contributed by atoms with Crippen LogP contribution in [0.5, 0.6) is 5.75 Å². The highest BCUT2D eigenvalue weighted by atomic mass is 79.9. The van der Waals surface area contributed by atoms with Gasteiger partial charge in [-0.15, -0.1) is 0 Å². The average Bonchev–Trinajstić information content (AvgIpc) is 2.45. The van der Waals surface area contributed by atoms with E-state index in [9.17, 15) is 4.79 Å². The van der Waals surface area contributed by atoms with Gasteiger partial charge in [0.25, 0.3) is 5.91 Å². The van der Waals surface area contributed by atoms with Gasteiger partial charge in [-0.2, -0.15) is 0 Å². The van der Waals surface area contributed by atoms with E-state index in [0.717, 1.165) is 24.1 Å². The molecule has 0 spiro atoms. The molecule has 0 saturated carbocycles. The molecular weight excluding hydrogens is 320 g/mol. The molecule has 5 heteroatoms. The third-order valence-electron chi connectivity index (χ3n) is 3.69. The van der Waals surface area contributed by atoms with Gasteiger partial charge >= 0.3 is 0 Å². The maximum atomic E-state index is 12.2. The summed E-state index contributed by atoms with van der Waals surface area (Å²) in [5, 5.41) is 3.03. The largest absolute Gasteiger partial charge is 0.497 e. The van der Waals surface area contributed by atoms with Crippen LogP contribution in [0.2, 0.25) is 0 Å². The normalized spacial score (nSPS) is 19.6. The highest BCUT2D eigenvalue weighted by Gasteiger charge is 2.18. The maximum absolute atomic E-state index is 12.2. The lowest BCUT2D eigenvalue weighted by Gasteiger charge is -2.29. The van der Waals surface area contributed by atoms with Crippen molar-refractivity contribution in [2.45, 2.75) is 12.8 Å². The van der Waals surface area contributed by atoms with E-state index in [1.165, 1.54) is 12.8 Å². The number of benzene rings is 1. The Morgan fingerprint density at radius 3 is 3.05 bits per heavy atom. The van der Waals surface area contributed by atoms with Gasteiger partial charge in [0.2, 0.25) is 0 Å². The number of ether oxygens (including phenoxy) is 1. The van der Waals surface area contributed by atoms with Crippen molar-refractivity contribution in [2.75, 3.05) is 33.8 Å². The Labute approximate surface area is 128 Å². The van der Waals surface area contributed by atoms with Crippen molar-refractivity contribution in [1.82, 2.24) is 10.2 Å². The Morgan fingerprint density at radius 2 is 2.35 bits per heavy atom. The van der Waals surface area contributed by atoms with Crippen molar-refractivity contribution >= 4 is 21.8 Å². The van der Waals surface area contributed by atoms with Crippen LogP contribution in [-0.2, 0) is 0 Å². The highest BCUT2D eigenvalue weighted by molar-refractivity contribution is 9.10. The van der Waals surface area contributed by atoms with Gasteiger partial charge in [0.15, 0.2) is 0 Å². The van der Waals surface area contributed by atoms with Gasteiger partial charge in [-0.05, 0) is 66.5 Å². The van der Waals surface area contributed by atoms with Crippen molar-refractivity contribution < 1.29 is 9.53 Å². The molecule has 1 aliphatic rings. The molecule has 110 valence electrons. The second-order valence-electron chi connectivity index (χ2n) is 5.33. The summed E-state index contributed by atoms with van der Waals surface area (Å²) in [7, 11) is 3.73. The molecule has 2 rings (SSSR count). The molecule has 0 bridgehead atoms. The molecule has 1 saturated heterocycles. The first-order chi connectivity index (χ1) is 9.60. The van der Waals surface area contributed by atoms with E-state index in [4.69, 9.17) is 4.74 Å². The Bertz CT molecular complexity index is 479. The molecule has 1 unspecified atom stereocenters. The maximum Gasteiger partial charge on any atom is 0.252 e. The number of hydrogen-bond donors (Lipinski definition) is 1. The van der Waals surface area contributed by atoms with Crippen LogP contribution in [0, 0.1) is 5.92 Å². The molecule has 0 radical (unpaired) electrons. The van der Waals surface area contributed by atoms with Gasteiger partial charge in [0.05, 0.1) is 12.7 Å². The molecule has 1 aliphatic heterocycles. The topological polar surface area (TPSA) is 41.6 Å². The molecule has 0 aromatic heterocycles. The SMILES string of the molecule is COc1ccc(Br)c(C(=O)NCC2CCCN(C)C2)c1. The lowest BCUT2D eigenvalue weighted by molar-refractivity contribution is 0.0935. The minimum Gasteiger partial charge on any atom is -0.497 e. The minimum atomic E-state index is -0.0519. The van der Waals surface area contributed by atoms with E-state index in [1.807, 2.05) is 12.1 Å². The monoisotopic (exact) mass is 340 g/mol. The molecule has 1 aromatic rings. The molecule has 1 aromatic carbocycles. The van der Waals surface area contributed by atoms with Crippen molar-refractivity contribution in [1.29, 1.82) is 0 Å². The van der Waals surface area contributed by atoms with E-state index < -0.39 is 0 Å². The van der Waals surface area contributed by atoms with E-state index in [2.05, 4.69) is 33.2 Å². The highest BCUT2D eigenvalue weighted by Crippen LogP contribution is 2.22. The zero-order valence-corrected chi connectivity index (χ0v) is 13.6. The summed E-state index contributed by atoms with van der Waals surface area (Å²) in [6, 6.07) is 5.42. The van der Waals surface area contributed by atoms with Crippen LogP contribution in [0.4, 0.5) is 0 Å². The smallest absolute Gasteiger partial charge is 0.252 e. The summed E-state index contributed by atoms with van der Waals surface area (Å²) >= 11 is 3.41. The van der Waals surface area contributed by atoms with Crippen LogP contribution in [0.1, 0.15) is 23.2 Å². The number of halogens is 1. The number of piperidine rings is 1. The predicted molar refractivity (Wildman–Crippen MR) is 83.2 cm³/mol. The molecule has 4 nitrogen and oxygen atoms in total. The van der Waals surface area contributed by atoms with Crippen molar-refractivity contribution in [2.24, 2.45) is 5.92 Å². The number of carbonyl (C=O) groups is 1. The number of methoxy groups -OCH3 is 1. The molecular formula is C15H21BrN2O2. The molecule has 1 N–H and O–H groups in total. The number of nitrogens with zero attached hydrogens (tertiary/aromatic N) is 1. The van der Waals surface area contributed by atoms with Crippen molar-refractivity contribution in [3.05, 3.63) is 28.2 Å². The molecule has 1 amide bonds. The summed E-state index contributed by atoms with van der Waals surface area (Å²) in [4.78, 5) is 14.6. The molecule has 1 atom stereocenters. The number of rotatable bonds is 4. The zero-order chi connectivity index (χ0) is 14.5. The van der Waals surface area contributed by atoms with Gasteiger partial charge in [-0.3, -0.25) is 4.79 Å². The third kappa shape index (κ3) is 3.96.